The summed E-state index contributed by atoms with van der Waals surface area (Å²) >= 11 is 3.22. The van der Waals surface area contributed by atoms with E-state index in [1.165, 1.54) is 0 Å². The smallest absolute Gasteiger partial charge is 0.325 e. The van der Waals surface area contributed by atoms with Crippen molar-refractivity contribution in [2.75, 3.05) is 12.3 Å². The van der Waals surface area contributed by atoms with Crippen molar-refractivity contribution in [1.29, 1.82) is 0 Å². The lowest BCUT2D eigenvalue weighted by atomic mass is 10.1. The predicted octanol–water partition coefficient (Wildman–Crippen LogP) is 2.15. The van der Waals surface area contributed by atoms with E-state index in [-0.39, 0.29) is 12.6 Å². The van der Waals surface area contributed by atoms with Crippen molar-refractivity contribution in [3.05, 3.63) is 40.5 Å². The molecule has 0 atom stereocenters. The van der Waals surface area contributed by atoms with Crippen molar-refractivity contribution in [3.8, 4) is 11.8 Å². The second kappa shape index (κ2) is 5.79. The van der Waals surface area contributed by atoms with Crippen LogP contribution in [0.2, 0.25) is 0 Å². The van der Waals surface area contributed by atoms with Crippen molar-refractivity contribution in [2.45, 2.75) is 6.42 Å². The molecule has 0 aliphatic heterocycles. The molecule has 6 heteroatoms. The third-order valence-corrected chi connectivity index (χ3v) is 2.63. The number of nitrogens with zero attached hydrogens (tertiary/aromatic N) is 2. The SMILES string of the molecule is Nc1cc(Br)nc(Oc2ccc(CCO)cc2)n1. The van der Waals surface area contributed by atoms with Crippen LogP contribution in [0.15, 0.2) is 34.9 Å². The summed E-state index contributed by atoms with van der Waals surface area (Å²) < 4.78 is 6.05. The molecule has 0 unspecified atom stereocenters. The minimum Gasteiger partial charge on any atom is -0.424 e. The van der Waals surface area contributed by atoms with Gasteiger partial charge in [-0.05, 0) is 40.0 Å². The summed E-state index contributed by atoms with van der Waals surface area (Å²) in [6, 6.07) is 9.14. The summed E-state index contributed by atoms with van der Waals surface area (Å²) in [4.78, 5) is 8.01. The first kappa shape index (κ1) is 12.8. The molecule has 0 saturated heterocycles. The minimum absolute atomic E-state index is 0.130. The van der Waals surface area contributed by atoms with Crippen LogP contribution in [-0.2, 0) is 6.42 Å². The number of halogens is 1. The number of anilines is 1. The topological polar surface area (TPSA) is 81.3 Å². The van der Waals surface area contributed by atoms with Gasteiger partial charge in [-0.2, -0.15) is 9.97 Å². The number of hydrogen-bond donors (Lipinski definition) is 2. The van der Waals surface area contributed by atoms with Gasteiger partial charge < -0.3 is 15.6 Å². The van der Waals surface area contributed by atoms with E-state index in [0.717, 1.165) is 5.56 Å². The van der Waals surface area contributed by atoms with E-state index in [1.54, 1.807) is 18.2 Å². The second-order valence-electron chi connectivity index (χ2n) is 3.62. The molecule has 3 N–H and O–H groups in total. The van der Waals surface area contributed by atoms with Crippen LogP contribution in [0.5, 0.6) is 11.8 Å². The maximum absolute atomic E-state index is 8.81. The van der Waals surface area contributed by atoms with Gasteiger partial charge in [0.25, 0.3) is 0 Å². The first-order chi connectivity index (χ1) is 8.67. The number of ether oxygens (including phenoxy) is 1. The van der Waals surface area contributed by atoms with Crippen LogP contribution in [0.4, 0.5) is 5.82 Å². The average Bonchev–Trinajstić information content (AvgIpc) is 2.31. The molecular weight excluding hydrogens is 298 g/mol. The summed E-state index contributed by atoms with van der Waals surface area (Å²) in [6.07, 6.45) is 0.626. The van der Waals surface area contributed by atoms with E-state index in [9.17, 15) is 0 Å². The lowest BCUT2D eigenvalue weighted by Gasteiger charge is -2.05. The van der Waals surface area contributed by atoms with Crippen molar-refractivity contribution < 1.29 is 9.84 Å². The highest BCUT2D eigenvalue weighted by atomic mass is 79.9. The van der Waals surface area contributed by atoms with Crippen molar-refractivity contribution in [1.82, 2.24) is 9.97 Å². The number of benzene rings is 1. The molecule has 0 aliphatic carbocycles. The predicted molar refractivity (Wildman–Crippen MR) is 71.5 cm³/mol. The maximum atomic E-state index is 8.81. The Morgan fingerprint density at radius 3 is 2.56 bits per heavy atom. The zero-order valence-electron chi connectivity index (χ0n) is 9.51. The first-order valence-corrected chi connectivity index (χ1v) is 6.14. The van der Waals surface area contributed by atoms with Crippen molar-refractivity contribution >= 4 is 21.7 Å². The molecule has 2 rings (SSSR count). The molecule has 0 amide bonds. The number of hydrogen-bond acceptors (Lipinski definition) is 5. The van der Waals surface area contributed by atoms with Gasteiger partial charge in [-0.1, -0.05) is 12.1 Å². The Morgan fingerprint density at radius 1 is 1.22 bits per heavy atom. The van der Waals surface area contributed by atoms with E-state index < -0.39 is 0 Å². The molecule has 0 bridgehead atoms. The highest BCUT2D eigenvalue weighted by Gasteiger charge is 2.03. The molecule has 1 heterocycles. The van der Waals surface area contributed by atoms with Crippen molar-refractivity contribution in [2.24, 2.45) is 0 Å². The summed E-state index contributed by atoms with van der Waals surface area (Å²) in [5.41, 5.74) is 6.63. The van der Waals surface area contributed by atoms with Gasteiger partial charge in [0.1, 0.15) is 16.2 Å². The second-order valence-corrected chi connectivity index (χ2v) is 4.43. The third kappa shape index (κ3) is 3.41. The fourth-order valence-corrected chi connectivity index (χ4v) is 1.80. The molecule has 1 aromatic heterocycles. The molecule has 0 saturated carbocycles. The summed E-state index contributed by atoms with van der Waals surface area (Å²) in [5, 5.41) is 8.81. The monoisotopic (exact) mass is 309 g/mol. The minimum atomic E-state index is 0.130. The van der Waals surface area contributed by atoms with Gasteiger partial charge in [0.05, 0.1) is 0 Å². The van der Waals surface area contributed by atoms with Crippen LogP contribution in [0.3, 0.4) is 0 Å². The van der Waals surface area contributed by atoms with E-state index in [4.69, 9.17) is 15.6 Å². The third-order valence-electron chi connectivity index (χ3n) is 2.23. The van der Waals surface area contributed by atoms with Crippen LogP contribution in [0.25, 0.3) is 0 Å². The highest BCUT2D eigenvalue weighted by Crippen LogP contribution is 2.21. The van der Waals surface area contributed by atoms with Crippen LogP contribution in [-0.4, -0.2) is 21.7 Å². The fraction of sp³-hybridized carbons (Fsp3) is 0.167. The standard InChI is InChI=1S/C12H12BrN3O2/c13-10-7-11(14)16-12(15-10)18-9-3-1-8(2-4-9)5-6-17/h1-4,7,17H,5-6H2,(H2,14,15,16). The molecule has 5 nitrogen and oxygen atoms in total. The van der Waals surface area contributed by atoms with Gasteiger partial charge in [0, 0.05) is 12.7 Å². The Balaban J connectivity index is 2.13. The number of rotatable bonds is 4. The van der Waals surface area contributed by atoms with Crippen LogP contribution >= 0.6 is 15.9 Å². The average molecular weight is 310 g/mol. The largest absolute Gasteiger partial charge is 0.424 e. The van der Waals surface area contributed by atoms with E-state index >= 15 is 0 Å². The van der Waals surface area contributed by atoms with Gasteiger partial charge in [-0.15, -0.1) is 0 Å². The molecule has 0 fully saturated rings. The number of aliphatic hydroxyl groups is 1. The number of nitrogen functional groups attached to an aromatic ring is 1. The van der Waals surface area contributed by atoms with Gasteiger partial charge in [0.2, 0.25) is 0 Å². The van der Waals surface area contributed by atoms with Crippen LogP contribution in [0, 0.1) is 0 Å². The molecule has 0 aliphatic rings. The summed E-state index contributed by atoms with van der Waals surface area (Å²) in [6.45, 7) is 0.130. The maximum Gasteiger partial charge on any atom is 0.325 e. The molecule has 94 valence electrons. The molecule has 0 spiro atoms. The first-order valence-electron chi connectivity index (χ1n) is 5.35. The molecule has 2 aromatic rings. The molecule has 18 heavy (non-hydrogen) atoms. The fourth-order valence-electron chi connectivity index (χ4n) is 1.42. The summed E-state index contributed by atoms with van der Waals surface area (Å²) in [5.74, 6) is 0.956. The van der Waals surface area contributed by atoms with Gasteiger partial charge in [0.15, 0.2) is 0 Å². The van der Waals surface area contributed by atoms with Crippen molar-refractivity contribution in [3.63, 3.8) is 0 Å². The van der Waals surface area contributed by atoms with Gasteiger partial charge in [-0.25, -0.2) is 0 Å². The quantitative estimate of drug-likeness (QED) is 0.846. The van der Waals surface area contributed by atoms with E-state index in [2.05, 4.69) is 25.9 Å². The Morgan fingerprint density at radius 2 is 1.94 bits per heavy atom. The number of aromatic nitrogens is 2. The molecule has 0 radical (unpaired) electrons. The molecular formula is C12H12BrN3O2. The van der Waals surface area contributed by atoms with Crippen LogP contribution < -0.4 is 10.5 Å². The summed E-state index contributed by atoms with van der Waals surface area (Å²) in [7, 11) is 0. The highest BCUT2D eigenvalue weighted by molar-refractivity contribution is 9.10. The van der Waals surface area contributed by atoms with Gasteiger partial charge in [-0.3, -0.25) is 0 Å². The Bertz CT molecular complexity index is 511. The number of aliphatic hydroxyl groups excluding tert-OH is 1. The van der Waals surface area contributed by atoms with E-state index in [0.29, 0.717) is 22.6 Å². The lowest BCUT2D eigenvalue weighted by Crippen LogP contribution is -1.97. The lowest BCUT2D eigenvalue weighted by molar-refractivity contribution is 0.299. The normalized spacial score (nSPS) is 10.3. The van der Waals surface area contributed by atoms with Crippen LogP contribution in [0.1, 0.15) is 5.56 Å². The van der Waals surface area contributed by atoms with Gasteiger partial charge >= 0.3 is 6.01 Å². The zero-order chi connectivity index (χ0) is 13.0. The Hall–Kier alpha value is -1.66. The Labute approximate surface area is 113 Å². The number of nitrogens with two attached hydrogens (primary N) is 1. The Kier molecular flexibility index (Phi) is 4.11. The molecule has 1 aromatic carbocycles. The van der Waals surface area contributed by atoms with E-state index in [1.807, 2.05) is 12.1 Å². The zero-order valence-corrected chi connectivity index (χ0v) is 11.1.